The molecule has 2 atom stereocenters. The predicted octanol–water partition coefficient (Wildman–Crippen LogP) is 3.97. The zero-order valence-electron chi connectivity index (χ0n) is 11.2. The molecule has 1 aromatic heterocycles. The van der Waals surface area contributed by atoms with Crippen molar-refractivity contribution in [3.05, 3.63) is 24.0 Å². The minimum atomic E-state index is -0.580. The topological polar surface area (TPSA) is 36.0 Å². The molecule has 2 saturated carbocycles. The van der Waals surface area contributed by atoms with Crippen molar-refractivity contribution >= 4 is 0 Å². The fourth-order valence-electron chi connectivity index (χ4n) is 4.28. The Morgan fingerprint density at radius 1 is 1.06 bits per heavy atom. The third-order valence-electron chi connectivity index (χ3n) is 5.22. The van der Waals surface area contributed by atoms with Crippen molar-refractivity contribution in [2.75, 3.05) is 0 Å². The first-order valence-corrected chi connectivity index (χ1v) is 7.67. The lowest BCUT2D eigenvalue weighted by Crippen LogP contribution is -2.42. The maximum absolute atomic E-state index is 11.2. The Hall–Kier alpha value is -0.760. The van der Waals surface area contributed by atoms with E-state index in [0.29, 0.717) is 5.92 Å². The molecule has 0 radical (unpaired) electrons. The number of H-pyrrole nitrogens is 1. The van der Waals surface area contributed by atoms with E-state index in [4.69, 9.17) is 0 Å². The summed E-state index contributed by atoms with van der Waals surface area (Å²) in [6.07, 6.45) is 13.3. The number of aliphatic hydroxyl groups is 1. The van der Waals surface area contributed by atoms with Crippen LogP contribution in [0.5, 0.6) is 0 Å². The van der Waals surface area contributed by atoms with Crippen molar-refractivity contribution < 1.29 is 5.11 Å². The molecule has 1 aromatic rings. The van der Waals surface area contributed by atoms with Gasteiger partial charge >= 0.3 is 0 Å². The second kappa shape index (κ2) is 5.08. The van der Waals surface area contributed by atoms with Crippen LogP contribution in [0.2, 0.25) is 0 Å². The van der Waals surface area contributed by atoms with Crippen LogP contribution in [0.3, 0.4) is 0 Å². The fourth-order valence-corrected chi connectivity index (χ4v) is 4.28. The van der Waals surface area contributed by atoms with Gasteiger partial charge in [0.05, 0.1) is 0 Å². The largest absolute Gasteiger partial charge is 0.383 e. The van der Waals surface area contributed by atoms with E-state index >= 15 is 0 Å². The van der Waals surface area contributed by atoms with Gasteiger partial charge in [-0.25, -0.2) is 0 Å². The van der Waals surface area contributed by atoms with Crippen LogP contribution in [-0.4, -0.2) is 10.1 Å². The highest BCUT2D eigenvalue weighted by atomic mass is 16.3. The molecule has 18 heavy (non-hydrogen) atoms. The van der Waals surface area contributed by atoms with Crippen LogP contribution in [0.4, 0.5) is 0 Å². The number of aromatic nitrogens is 1. The zero-order valence-corrected chi connectivity index (χ0v) is 11.2. The lowest BCUT2D eigenvalue weighted by atomic mass is 9.64. The summed E-state index contributed by atoms with van der Waals surface area (Å²) >= 11 is 0. The number of rotatable bonds is 2. The summed E-state index contributed by atoms with van der Waals surface area (Å²) in [6.45, 7) is 0. The van der Waals surface area contributed by atoms with Gasteiger partial charge in [-0.05, 0) is 36.8 Å². The molecular formula is C16H25NO. The Bertz CT molecular complexity index is 366. The van der Waals surface area contributed by atoms with Crippen molar-refractivity contribution in [3.8, 4) is 0 Å². The number of hydrogen-bond donors (Lipinski definition) is 2. The van der Waals surface area contributed by atoms with Crippen LogP contribution in [-0.2, 0) is 5.60 Å². The van der Waals surface area contributed by atoms with Gasteiger partial charge in [0.25, 0.3) is 0 Å². The molecule has 3 rings (SSSR count). The molecular weight excluding hydrogens is 222 g/mol. The van der Waals surface area contributed by atoms with Crippen molar-refractivity contribution in [1.82, 2.24) is 4.98 Å². The molecule has 100 valence electrons. The fraction of sp³-hybridized carbons (Fsp3) is 0.750. The van der Waals surface area contributed by atoms with Gasteiger partial charge in [0, 0.05) is 11.9 Å². The van der Waals surface area contributed by atoms with E-state index in [1.54, 1.807) is 0 Å². The van der Waals surface area contributed by atoms with Crippen LogP contribution < -0.4 is 0 Å². The third kappa shape index (κ3) is 2.11. The zero-order chi connectivity index (χ0) is 12.4. The smallest absolute Gasteiger partial charge is 0.107 e. The van der Waals surface area contributed by atoms with E-state index in [1.165, 1.54) is 51.4 Å². The first-order valence-electron chi connectivity index (χ1n) is 7.67. The summed E-state index contributed by atoms with van der Waals surface area (Å²) in [5, 5.41) is 11.2. The average molecular weight is 247 g/mol. The van der Waals surface area contributed by atoms with E-state index < -0.39 is 5.60 Å². The Morgan fingerprint density at radius 2 is 1.83 bits per heavy atom. The van der Waals surface area contributed by atoms with Crippen LogP contribution in [0, 0.1) is 11.8 Å². The van der Waals surface area contributed by atoms with Gasteiger partial charge in [-0.3, -0.25) is 0 Å². The molecule has 0 spiro atoms. The molecule has 0 aromatic carbocycles. The van der Waals surface area contributed by atoms with E-state index in [1.807, 2.05) is 12.3 Å². The highest BCUT2D eigenvalue weighted by Crippen LogP contribution is 2.48. The highest BCUT2D eigenvalue weighted by molar-refractivity contribution is 5.16. The minimum Gasteiger partial charge on any atom is -0.383 e. The van der Waals surface area contributed by atoms with E-state index in [9.17, 15) is 5.11 Å². The Morgan fingerprint density at radius 3 is 2.56 bits per heavy atom. The summed E-state index contributed by atoms with van der Waals surface area (Å²) in [4.78, 5) is 3.27. The SMILES string of the molecule is OC1(c2ccc[nH]2)CCCCC1C1CCCCC1. The molecule has 0 amide bonds. The van der Waals surface area contributed by atoms with Gasteiger partial charge in [0.15, 0.2) is 0 Å². The summed E-state index contributed by atoms with van der Waals surface area (Å²) in [5.74, 6) is 1.22. The van der Waals surface area contributed by atoms with Crippen molar-refractivity contribution in [2.45, 2.75) is 63.4 Å². The van der Waals surface area contributed by atoms with E-state index in [2.05, 4.69) is 11.1 Å². The summed E-state index contributed by atoms with van der Waals surface area (Å²) in [5.41, 5.74) is 0.474. The van der Waals surface area contributed by atoms with Crippen LogP contribution in [0.25, 0.3) is 0 Å². The summed E-state index contributed by atoms with van der Waals surface area (Å²) < 4.78 is 0. The second-order valence-electron chi connectivity index (χ2n) is 6.26. The van der Waals surface area contributed by atoms with Gasteiger partial charge in [-0.2, -0.15) is 0 Å². The highest BCUT2D eigenvalue weighted by Gasteiger charge is 2.44. The summed E-state index contributed by atoms with van der Waals surface area (Å²) in [7, 11) is 0. The predicted molar refractivity (Wildman–Crippen MR) is 73.2 cm³/mol. The molecule has 2 fully saturated rings. The summed E-state index contributed by atoms with van der Waals surface area (Å²) in [6, 6.07) is 4.08. The lowest BCUT2D eigenvalue weighted by Gasteiger charge is -2.45. The molecule has 2 N–H and O–H groups in total. The molecule has 2 nitrogen and oxygen atoms in total. The van der Waals surface area contributed by atoms with Gasteiger partial charge in [0.1, 0.15) is 5.60 Å². The van der Waals surface area contributed by atoms with Gasteiger partial charge < -0.3 is 10.1 Å². The van der Waals surface area contributed by atoms with Gasteiger partial charge in [0.2, 0.25) is 0 Å². The average Bonchev–Trinajstić information content (AvgIpc) is 2.95. The van der Waals surface area contributed by atoms with Crippen molar-refractivity contribution in [3.63, 3.8) is 0 Å². The first-order chi connectivity index (χ1) is 8.81. The molecule has 2 aliphatic rings. The Balaban J connectivity index is 1.85. The maximum atomic E-state index is 11.2. The standard InChI is InChI=1S/C16H25NO/c18-16(15-10-6-12-17-15)11-5-4-9-14(16)13-7-2-1-3-8-13/h6,10,12-14,17-18H,1-5,7-9,11H2. The third-order valence-corrected chi connectivity index (χ3v) is 5.22. The molecule has 2 aliphatic carbocycles. The normalized spacial score (nSPS) is 34.6. The second-order valence-corrected chi connectivity index (χ2v) is 6.26. The number of nitrogens with one attached hydrogen (secondary N) is 1. The van der Waals surface area contributed by atoms with E-state index in [-0.39, 0.29) is 0 Å². The molecule has 0 saturated heterocycles. The van der Waals surface area contributed by atoms with Gasteiger partial charge in [-0.15, -0.1) is 0 Å². The quantitative estimate of drug-likeness (QED) is 0.815. The molecule has 1 heterocycles. The molecule has 2 unspecified atom stereocenters. The Kier molecular flexibility index (Phi) is 3.47. The van der Waals surface area contributed by atoms with Crippen LogP contribution in [0.1, 0.15) is 63.5 Å². The van der Waals surface area contributed by atoms with Gasteiger partial charge in [-0.1, -0.05) is 44.9 Å². The van der Waals surface area contributed by atoms with Crippen molar-refractivity contribution in [2.24, 2.45) is 11.8 Å². The first kappa shape index (κ1) is 12.3. The van der Waals surface area contributed by atoms with Crippen LogP contribution in [0.15, 0.2) is 18.3 Å². The Labute approximate surface area is 110 Å². The van der Waals surface area contributed by atoms with Crippen molar-refractivity contribution in [1.29, 1.82) is 0 Å². The molecule has 0 bridgehead atoms. The maximum Gasteiger partial charge on any atom is 0.107 e. The number of aromatic amines is 1. The number of hydrogen-bond acceptors (Lipinski definition) is 1. The van der Waals surface area contributed by atoms with E-state index in [0.717, 1.165) is 18.0 Å². The lowest BCUT2D eigenvalue weighted by molar-refractivity contribution is -0.0862. The minimum absolute atomic E-state index is 0.477. The monoisotopic (exact) mass is 247 g/mol. The molecule has 0 aliphatic heterocycles. The molecule has 2 heteroatoms. The van der Waals surface area contributed by atoms with Crippen LogP contribution >= 0.6 is 0 Å².